The summed E-state index contributed by atoms with van der Waals surface area (Å²) in [5, 5.41) is 0. The number of ether oxygens (including phenoxy) is 1. The molecule has 1 fully saturated rings. The Kier molecular flexibility index (Phi) is 4.02. The van der Waals surface area contributed by atoms with Crippen LogP contribution in [0.25, 0.3) is 0 Å². The van der Waals surface area contributed by atoms with Crippen molar-refractivity contribution in [1.29, 1.82) is 0 Å². The van der Waals surface area contributed by atoms with E-state index in [1.807, 2.05) is 6.92 Å². The van der Waals surface area contributed by atoms with Crippen molar-refractivity contribution in [3.05, 3.63) is 17.5 Å². The number of nitrogens with zero attached hydrogens (tertiary/aromatic N) is 3. The van der Waals surface area contributed by atoms with Gasteiger partial charge in [0, 0.05) is 19.3 Å². The van der Waals surface area contributed by atoms with E-state index in [-0.39, 0.29) is 5.97 Å². The van der Waals surface area contributed by atoms with Crippen molar-refractivity contribution in [2.45, 2.75) is 27.2 Å². The molecule has 5 nitrogen and oxygen atoms in total. The van der Waals surface area contributed by atoms with Crippen molar-refractivity contribution in [2.75, 3.05) is 25.1 Å². The number of aryl methyl sites for hydroxylation is 1. The molecule has 1 aliphatic rings. The molecule has 104 valence electrons. The number of hydrogen-bond acceptors (Lipinski definition) is 5. The fourth-order valence-electron chi connectivity index (χ4n) is 2.74. The van der Waals surface area contributed by atoms with Gasteiger partial charge in [-0.3, -0.25) is 0 Å². The fourth-order valence-corrected chi connectivity index (χ4v) is 2.74. The van der Waals surface area contributed by atoms with E-state index in [0.717, 1.165) is 13.1 Å². The van der Waals surface area contributed by atoms with Gasteiger partial charge in [0.1, 0.15) is 0 Å². The van der Waals surface area contributed by atoms with Gasteiger partial charge in [-0.2, -0.15) is 0 Å². The van der Waals surface area contributed by atoms with Crippen molar-refractivity contribution in [2.24, 2.45) is 11.8 Å². The van der Waals surface area contributed by atoms with Gasteiger partial charge >= 0.3 is 5.97 Å². The smallest absolute Gasteiger partial charge is 0.341 e. The summed E-state index contributed by atoms with van der Waals surface area (Å²) >= 11 is 0. The lowest BCUT2D eigenvalue weighted by Gasteiger charge is -2.35. The van der Waals surface area contributed by atoms with Crippen LogP contribution >= 0.6 is 0 Å². The molecule has 2 rings (SSSR count). The van der Waals surface area contributed by atoms with Crippen LogP contribution in [-0.4, -0.2) is 36.1 Å². The molecule has 1 aliphatic heterocycles. The first kappa shape index (κ1) is 13.8. The molecule has 1 aromatic heterocycles. The van der Waals surface area contributed by atoms with Crippen LogP contribution in [0.5, 0.6) is 0 Å². The number of anilines is 1. The maximum Gasteiger partial charge on any atom is 0.341 e. The van der Waals surface area contributed by atoms with Crippen LogP contribution in [0.2, 0.25) is 0 Å². The minimum Gasteiger partial charge on any atom is -0.465 e. The molecule has 0 aromatic carbocycles. The Bertz CT molecular complexity index is 466. The van der Waals surface area contributed by atoms with Gasteiger partial charge in [0.05, 0.1) is 18.4 Å². The molecular weight excluding hydrogens is 242 g/mol. The Morgan fingerprint density at radius 2 is 2.00 bits per heavy atom. The summed E-state index contributed by atoms with van der Waals surface area (Å²) in [7, 11) is 1.36. The Hall–Kier alpha value is -1.65. The summed E-state index contributed by atoms with van der Waals surface area (Å²) in [4.78, 5) is 22.5. The van der Waals surface area contributed by atoms with Crippen molar-refractivity contribution >= 4 is 11.9 Å². The molecule has 19 heavy (non-hydrogen) atoms. The van der Waals surface area contributed by atoms with Crippen molar-refractivity contribution in [3.63, 3.8) is 0 Å². The second kappa shape index (κ2) is 5.55. The van der Waals surface area contributed by atoms with Gasteiger partial charge in [-0.05, 0) is 25.2 Å². The third-order valence-electron chi connectivity index (χ3n) is 3.52. The lowest BCUT2D eigenvalue weighted by molar-refractivity contribution is 0.0599. The van der Waals surface area contributed by atoms with E-state index in [1.54, 1.807) is 6.20 Å². The quantitative estimate of drug-likeness (QED) is 0.764. The van der Waals surface area contributed by atoms with E-state index in [1.165, 1.54) is 13.5 Å². The topological polar surface area (TPSA) is 55.3 Å². The molecule has 2 heterocycles. The maximum absolute atomic E-state index is 11.5. The van der Waals surface area contributed by atoms with Crippen LogP contribution in [0.1, 0.15) is 36.3 Å². The van der Waals surface area contributed by atoms with Crippen LogP contribution in [0.3, 0.4) is 0 Å². The highest BCUT2D eigenvalue weighted by Crippen LogP contribution is 2.24. The van der Waals surface area contributed by atoms with Gasteiger partial charge < -0.3 is 9.64 Å². The second-order valence-corrected chi connectivity index (χ2v) is 5.51. The standard InChI is InChI=1S/C14H21N3O2/c1-9-5-10(2)8-17(7-9)14-15-6-12(11(3)16-14)13(18)19-4/h6,9-10H,5,7-8H2,1-4H3/t9-,10-/m1/s1. The predicted octanol–water partition coefficient (Wildman–Crippen LogP) is 2.05. The highest BCUT2D eigenvalue weighted by Gasteiger charge is 2.24. The largest absolute Gasteiger partial charge is 0.465 e. The summed E-state index contributed by atoms with van der Waals surface area (Å²) in [6.07, 6.45) is 2.81. The SMILES string of the molecule is COC(=O)c1cnc(N2C[C@H](C)C[C@@H](C)C2)nc1C. The fraction of sp³-hybridized carbons (Fsp3) is 0.643. The average molecular weight is 263 g/mol. The van der Waals surface area contributed by atoms with E-state index >= 15 is 0 Å². The van der Waals surface area contributed by atoms with Gasteiger partial charge in [-0.15, -0.1) is 0 Å². The number of carbonyl (C=O) groups is 1. The van der Waals surface area contributed by atoms with E-state index in [4.69, 9.17) is 4.74 Å². The molecule has 0 saturated carbocycles. The third kappa shape index (κ3) is 3.03. The van der Waals surface area contributed by atoms with Crippen LogP contribution < -0.4 is 4.90 Å². The molecule has 0 bridgehead atoms. The van der Waals surface area contributed by atoms with E-state index in [0.29, 0.717) is 29.0 Å². The molecule has 0 radical (unpaired) electrons. The molecule has 0 unspecified atom stereocenters. The van der Waals surface area contributed by atoms with Gasteiger partial charge in [-0.1, -0.05) is 13.8 Å². The molecular formula is C14H21N3O2. The predicted molar refractivity (Wildman–Crippen MR) is 73.3 cm³/mol. The van der Waals surface area contributed by atoms with Crippen LogP contribution in [0, 0.1) is 18.8 Å². The van der Waals surface area contributed by atoms with E-state index in [9.17, 15) is 4.79 Å². The number of carbonyl (C=O) groups excluding carboxylic acids is 1. The first-order chi connectivity index (χ1) is 9.01. The minimum atomic E-state index is -0.385. The number of esters is 1. The van der Waals surface area contributed by atoms with Crippen molar-refractivity contribution in [3.8, 4) is 0 Å². The van der Waals surface area contributed by atoms with Crippen LogP contribution in [0.15, 0.2) is 6.20 Å². The van der Waals surface area contributed by atoms with Crippen molar-refractivity contribution in [1.82, 2.24) is 9.97 Å². The first-order valence-electron chi connectivity index (χ1n) is 6.68. The lowest BCUT2D eigenvalue weighted by atomic mass is 9.92. The number of aromatic nitrogens is 2. The Morgan fingerprint density at radius 1 is 1.37 bits per heavy atom. The second-order valence-electron chi connectivity index (χ2n) is 5.51. The van der Waals surface area contributed by atoms with Gasteiger partial charge in [0.25, 0.3) is 0 Å². The molecule has 2 atom stereocenters. The molecule has 1 saturated heterocycles. The van der Waals surface area contributed by atoms with Crippen LogP contribution in [-0.2, 0) is 4.74 Å². The number of piperidine rings is 1. The van der Waals surface area contributed by atoms with Crippen LogP contribution in [0.4, 0.5) is 5.95 Å². The molecule has 5 heteroatoms. The Labute approximate surface area is 114 Å². The Balaban J connectivity index is 2.22. The summed E-state index contributed by atoms with van der Waals surface area (Å²) in [6.45, 7) is 8.26. The van der Waals surface area contributed by atoms with E-state index in [2.05, 4.69) is 28.7 Å². The molecule has 0 spiro atoms. The summed E-state index contributed by atoms with van der Waals surface area (Å²) in [5.74, 6) is 1.62. The van der Waals surface area contributed by atoms with Gasteiger partial charge in [0.15, 0.2) is 0 Å². The summed E-state index contributed by atoms with van der Waals surface area (Å²) in [6, 6.07) is 0. The molecule has 0 N–H and O–H groups in total. The van der Waals surface area contributed by atoms with Gasteiger partial charge in [-0.25, -0.2) is 14.8 Å². The highest BCUT2D eigenvalue weighted by atomic mass is 16.5. The number of hydrogen-bond donors (Lipinski definition) is 0. The molecule has 1 aromatic rings. The lowest BCUT2D eigenvalue weighted by Crippen LogP contribution is -2.39. The average Bonchev–Trinajstić information content (AvgIpc) is 2.36. The summed E-state index contributed by atoms with van der Waals surface area (Å²) in [5.41, 5.74) is 1.10. The monoisotopic (exact) mass is 263 g/mol. The maximum atomic E-state index is 11.5. The Morgan fingerprint density at radius 3 is 2.53 bits per heavy atom. The molecule has 0 aliphatic carbocycles. The number of methoxy groups -OCH3 is 1. The summed E-state index contributed by atoms with van der Waals surface area (Å²) < 4.78 is 4.70. The first-order valence-corrected chi connectivity index (χ1v) is 6.68. The zero-order valence-electron chi connectivity index (χ0n) is 12.0. The third-order valence-corrected chi connectivity index (χ3v) is 3.52. The van der Waals surface area contributed by atoms with Crippen molar-refractivity contribution < 1.29 is 9.53 Å². The highest BCUT2D eigenvalue weighted by molar-refractivity contribution is 5.90. The number of rotatable bonds is 2. The zero-order valence-corrected chi connectivity index (χ0v) is 12.0. The minimum absolute atomic E-state index is 0.385. The van der Waals surface area contributed by atoms with E-state index < -0.39 is 0 Å². The van der Waals surface area contributed by atoms with Gasteiger partial charge in [0.2, 0.25) is 5.95 Å². The normalized spacial score (nSPS) is 23.3. The molecule has 0 amide bonds. The zero-order chi connectivity index (χ0) is 14.0.